The SMILES string of the molecule is CC1CN(C(=O)C(Cc2ccccc2)NC(=O)c2ccc(Cl)cc2)CCN1C(=O)c1ccc(Cl)cc1Cl. The van der Waals surface area contributed by atoms with Crippen LogP contribution in [0.1, 0.15) is 33.2 Å². The zero-order chi connectivity index (χ0) is 26.5. The minimum Gasteiger partial charge on any atom is -0.340 e. The highest BCUT2D eigenvalue weighted by Gasteiger charge is 2.34. The Bertz CT molecular complexity index is 1280. The highest BCUT2D eigenvalue weighted by molar-refractivity contribution is 6.36. The molecular weight excluding hydrogens is 533 g/mol. The van der Waals surface area contributed by atoms with Crippen LogP contribution in [-0.4, -0.2) is 59.2 Å². The van der Waals surface area contributed by atoms with Crippen LogP contribution in [-0.2, 0) is 11.2 Å². The zero-order valence-corrected chi connectivity index (χ0v) is 22.4. The van der Waals surface area contributed by atoms with E-state index in [-0.39, 0.29) is 28.8 Å². The highest BCUT2D eigenvalue weighted by Crippen LogP contribution is 2.24. The number of hydrogen-bond donors (Lipinski definition) is 1. The van der Waals surface area contributed by atoms with Gasteiger partial charge >= 0.3 is 0 Å². The third-order valence-electron chi connectivity index (χ3n) is 6.35. The summed E-state index contributed by atoms with van der Waals surface area (Å²) < 4.78 is 0. The Morgan fingerprint density at radius 1 is 0.919 bits per heavy atom. The summed E-state index contributed by atoms with van der Waals surface area (Å²) in [6.45, 7) is 2.90. The number of amides is 3. The molecule has 1 heterocycles. The van der Waals surface area contributed by atoms with Gasteiger partial charge in [0.05, 0.1) is 10.6 Å². The molecule has 37 heavy (non-hydrogen) atoms. The number of carbonyl (C=O) groups excluding carboxylic acids is 3. The smallest absolute Gasteiger partial charge is 0.255 e. The van der Waals surface area contributed by atoms with Crippen LogP contribution in [0.3, 0.4) is 0 Å². The molecule has 1 aliphatic heterocycles. The van der Waals surface area contributed by atoms with Crippen molar-refractivity contribution >= 4 is 52.5 Å². The fraction of sp³-hybridized carbons (Fsp3) is 0.250. The summed E-state index contributed by atoms with van der Waals surface area (Å²) in [5, 5.41) is 4.17. The molecule has 0 aromatic heterocycles. The average Bonchev–Trinajstić information content (AvgIpc) is 2.88. The van der Waals surface area contributed by atoms with Gasteiger partial charge in [-0.2, -0.15) is 0 Å². The Morgan fingerprint density at radius 2 is 1.59 bits per heavy atom. The Kier molecular flexibility index (Phi) is 8.75. The normalized spacial score (nSPS) is 16.3. The molecule has 6 nitrogen and oxygen atoms in total. The lowest BCUT2D eigenvalue weighted by molar-refractivity contribution is -0.135. The van der Waals surface area contributed by atoms with Crippen molar-refractivity contribution in [3.8, 4) is 0 Å². The fourth-order valence-electron chi connectivity index (χ4n) is 4.39. The van der Waals surface area contributed by atoms with Gasteiger partial charge in [-0.1, -0.05) is 65.1 Å². The van der Waals surface area contributed by atoms with E-state index >= 15 is 0 Å². The van der Waals surface area contributed by atoms with E-state index in [0.717, 1.165) is 5.56 Å². The number of nitrogens with zero attached hydrogens (tertiary/aromatic N) is 2. The van der Waals surface area contributed by atoms with Crippen molar-refractivity contribution in [1.82, 2.24) is 15.1 Å². The first-order valence-electron chi connectivity index (χ1n) is 11.9. The number of nitrogens with one attached hydrogen (secondary N) is 1. The van der Waals surface area contributed by atoms with Crippen LogP contribution in [0.4, 0.5) is 0 Å². The van der Waals surface area contributed by atoms with E-state index in [0.29, 0.717) is 47.2 Å². The maximum absolute atomic E-state index is 13.7. The van der Waals surface area contributed by atoms with E-state index in [1.54, 1.807) is 52.3 Å². The molecule has 3 aromatic rings. The molecule has 2 atom stereocenters. The lowest BCUT2D eigenvalue weighted by atomic mass is 10.0. The molecule has 3 amide bonds. The number of hydrogen-bond acceptors (Lipinski definition) is 3. The number of benzene rings is 3. The average molecular weight is 559 g/mol. The third kappa shape index (κ3) is 6.63. The second-order valence-electron chi connectivity index (χ2n) is 8.98. The van der Waals surface area contributed by atoms with Crippen molar-refractivity contribution in [1.29, 1.82) is 0 Å². The van der Waals surface area contributed by atoms with Gasteiger partial charge in [-0.3, -0.25) is 14.4 Å². The standard InChI is InChI=1S/C28H26Cl3N3O3/c1-18-17-33(13-14-34(18)27(36)23-12-11-22(30)16-24(23)31)28(37)25(15-19-5-3-2-4-6-19)32-26(35)20-7-9-21(29)10-8-20/h2-12,16,18,25H,13-15,17H2,1H3,(H,32,35). The van der Waals surface area contributed by atoms with Crippen molar-refractivity contribution in [2.75, 3.05) is 19.6 Å². The summed E-state index contributed by atoms with van der Waals surface area (Å²) in [6.07, 6.45) is 0.340. The van der Waals surface area contributed by atoms with Gasteiger partial charge in [0.2, 0.25) is 5.91 Å². The van der Waals surface area contributed by atoms with Crippen molar-refractivity contribution in [2.45, 2.75) is 25.4 Å². The van der Waals surface area contributed by atoms with Crippen LogP contribution in [0, 0.1) is 0 Å². The predicted molar refractivity (Wildman–Crippen MR) is 146 cm³/mol. The van der Waals surface area contributed by atoms with Gasteiger partial charge in [0.1, 0.15) is 6.04 Å². The summed E-state index contributed by atoms with van der Waals surface area (Å²) >= 11 is 18.2. The Labute approximate surface area is 231 Å². The molecule has 192 valence electrons. The molecule has 2 unspecified atom stereocenters. The molecule has 1 aliphatic rings. The summed E-state index contributed by atoms with van der Waals surface area (Å²) in [4.78, 5) is 43.2. The largest absolute Gasteiger partial charge is 0.340 e. The fourth-order valence-corrected chi connectivity index (χ4v) is 5.01. The predicted octanol–water partition coefficient (Wildman–Crippen LogP) is 5.36. The molecule has 0 radical (unpaired) electrons. The minimum absolute atomic E-state index is 0.199. The van der Waals surface area contributed by atoms with Crippen molar-refractivity contribution in [3.05, 3.63) is 105 Å². The zero-order valence-electron chi connectivity index (χ0n) is 20.2. The molecule has 0 spiro atoms. The van der Waals surface area contributed by atoms with Crippen molar-refractivity contribution in [3.63, 3.8) is 0 Å². The number of rotatable bonds is 6. The molecule has 1 fully saturated rings. The molecule has 9 heteroatoms. The van der Waals surface area contributed by atoms with Crippen LogP contribution in [0.2, 0.25) is 15.1 Å². The van der Waals surface area contributed by atoms with Gasteiger partial charge in [0.25, 0.3) is 11.8 Å². The van der Waals surface area contributed by atoms with Gasteiger partial charge < -0.3 is 15.1 Å². The quantitative estimate of drug-likeness (QED) is 0.443. The van der Waals surface area contributed by atoms with Crippen LogP contribution in [0.5, 0.6) is 0 Å². The lowest BCUT2D eigenvalue weighted by Gasteiger charge is -2.41. The molecule has 3 aromatic carbocycles. The molecule has 1 saturated heterocycles. The summed E-state index contributed by atoms with van der Waals surface area (Å²) in [6, 6.07) is 19.8. The van der Waals surface area contributed by atoms with Gasteiger partial charge in [-0.25, -0.2) is 0 Å². The summed E-state index contributed by atoms with van der Waals surface area (Å²) in [7, 11) is 0. The topological polar surface area (TPSA) is 69.7 Å². The first-order chi connectivity index (χ1) is 17.7. The van der Waals surface area contributed by atoms with Crippen LogP contribution < -0.4 is 5.32 Å². The highest BCUT2D eigenvalue weighted by atomic mass is 35.5. The first-order valence-corrected chi connectivity index (χ1v) is 13.0. The van der Waals surface area contributed by atoms with Gasteiger partial charge in [0.15, 0.2) is 0 Å². The second-order valence-corrected chi connectivity index (χ2v) is 10.3. The van der Waals surface area contributed by atoms with Gasteiger partial charge in [-0.05, 0) is 55.0 Å². The first kappa shape index (κ1) is 27.0. The molecular formula is C28H26Cl3N3O3. The van der Waals surface area contributed by atoms with E-state index in [4.69, 9.17) is 34.8 Å². The summed E-state index contributed by atoms with van der Waals surface area (Å²) in [5.74, 6) is -0.766. The van der Waals surface area contributed by atoms with Crippen molar-refractivity contribution in [2.24, 2.45) is 0 Å². The molecule has 1 N–H and O–H groups in total. The van der Waals surface area contributed by atoms with E-state index in [1.807, 2.05) is 37.3 Å². The minimum atomic E-state index is -0.772. The third-order valence-corrected chi connectivity index (χ3v) is 7.15. The molecule has 0 aliphatic carbocycles. The molecule has 0 bridgehead atoms. The van der Waals surface area contributed by atoms with Crippen LogP contribution >= 0.6 is 34.8 Å². The second kappa shape index (κ2) is 12.0. The Morgan fingerprint density at radius 3 is 2.24 bits per heavy atom. The Balaban J connectivity index is 1.48. The molecule has 0 saturated carbocycles. The van der Waals surface area contributed by atoms with E-state index in [2.05, 4.69) is 5.32 Å². The number of halogens is 3. The Hall–Kier alpha value is -3.06. The van der Waals surface area contributed by atoms with Crippen molar-refractivity contribution < 1.29 is 14.4 Å². The van der Waals surface area contributed by atoms with Crippen LogP contribution in [0.25, 0.3) is 0 Å². The number of piperazine rings is 1. The maximum atomic E-state index is 13.7. The molecule has 4 rings (SSSR count). The van der Waals surface area contributed by atoms with Gasteiger partial charge in [0, 0.05) is 47.7 Å². The van der Waals surface area contributed by atoms with E-state index in [9.17, 15) is 14.4 Å². The van der Waals surface area contributed by atoms with Crippen LogP contribution in [0.15, 0.2) is 72.8 Å². The lowest BCUT2D eigenvalue weighted by Crippen LogP contribution is -2.59. The number of carbonyl (C=O) groups is 3. The summed E-state index contributed by atoms with van der Waals surface area (Å²) in [5.41, 5.74) is 1.71. The van der Waals surface area contributed by atoms with E-state index < -0.39 is 6.04 Å². The monoisotopic (exact) mass is 557 g/mol. The maximum Gasteiger partial charge on any atom is 0.255 e. The van der Waals surface area contributed by atoms with Gasteiger partial charge in [-0.15, -0.1) is 0 Å². The van der Waals surface area contributed by atoms with E-state index in [1.165, 1.54) is 0 Å².